The number of carbonyl (C=O) groups excluding carboxylic acids is 1. The van der Waals surface area contributed by atoms with E-state index in [2.05, 4.69) is 0 Å². The van der Waals surface area contributed by atoms with Crippen molar-refractivity contribution in [3.63, 3.8) is 0 Å². The van der Waals surface area contributed by atoms with E-state index in [-0.39, 0.29) is 18.7 Å². The van der Waals surface area contributed by atoms with E-state index in [0.717, 1.165) is 23.2 Å². The number of aryl methyl sites for hydroxylation is 2. The molecule has 4 nitrogen and oxygen atoms in total. The zero-order valence-electron chi connectivity index (χ0n) is 12.1. The minimum absolute atomic E-state index is 0.0818. The van der Waals surface area contributed by atoms with Crippen LogP contribution in [0.5, 0.6) is 0 Å². The van der Waals surface area contributed by atoms with Crippen molar-refractivity contribution in [3.05, 3.63) is 29.3 Å². The van der Waals surface area contributed by atoms with E-state index in [4.69, 9.17) is 9.84 Å². The predicted octanol–water partition coefficient (Wildman–Crippen LogP) is 2.40. The molecule has 0 aromatic heterocycles. The van der Waals surface area contributed by atoms with Gasteiger partial charge in [0.1, 0.15) is 13.3 Å². The smallest absolute Gasteiger partial charge is 0.254 e. The molecule has 1 unspecified atom stereocenters. The van der Waals surface area contributed by atoms with Crippen LogP contribution in [0.2, 0.25) is 0 Å². The van der Waals surface area contributed by atoms with Crippen molar-refractivity contribution in [2.75, 3.05) is 18.2 Å². The van der Waals surface area contributed by atoms with E-state index in [9.17, 15) is 4.79 Å². The fraction of sp³-hybridized carbons (Fsp3) is 0.533. The molecule has 0 fully saturated rings. The lowest BCUT2D eigenvalue weighted by molar-refractivity contribution is -0.122. The van der Waals surface area contributed by atoms with Crippen molar-refractivity contribution in [2.24, 2.45) is 0 Å². The van der Waals surface area contributed by atoms with Crippen LogP contribution in [0.1, 0.15) is 31.4 Å². The Kier molecular flexibility index (Phi) is 5.99. The van der Waals surface area contributed by atoms with Gasteiger partial charge in [0.25, 0.3) is 5.91 Å². The molecule has 1 N–H and O–H groups in total. The van der Waals surface area contributed by atoms with E-state index >= 15 is 0 Å². The highest BCUT2D eigenvalue weighted by Crippen LogP contribution is 2.24. The van der Waals surface area contributed by atoms with Gasteiger partial charge < -0.3 is 9.84 Å². The molecule has 4 heteroatoms. The maximum atomic E-state index is 11.9. The first-order valence-electron chi connectivity index (χ1n) is 6.60. The number of rotatable bonds is 6. The zero-order valence-corrected chi connectivity index (χ0v) is 12.1. The van der Waals surface area contributed by atoms with Crippen LogP contribution in [0.25, 0.3) is 0 Å². The van der Waals surface area contributed by atoms with E-state index in [1.54, 1.807) is 0 Å². The molecule has 1 aromatic carbocycles. The van der Waals surface area contributed by atoms with Crippen LogP contribution in [0, 0.1) is 13.8 Å². The molecule has 0 bridgehead atoms. The van der Waals surface area contributed by atoms with Crippen LogP contribution in [0.3, 0.4) is 0 Å². The molecule has 0 saturated heterocycles. The summed E-state index contributed by atoms with van der Waals surface area (Å²) < 4.78 is 5.63. The molecule has 0 aliphatic heterocycles. The number of nitrogens with zero attached hydrogens (tertiary/aromatic N) is 1. The minimum atomic E-state index is -0.516. The van der Waals surface area contributed by atoms with E-state index in [1.165, 1.54) is 4.90 Å². The molecule has 1 atom stereocenters. The van der Waals surface area contributed by atoms with Gasteiger partial charge in [-0.1, -0.05) is 25.1 Å². The summed E-state index contributed by atoms with van der Waals surface area (Å²) in [6, 6.07) is 5.85. The summed E-state index contributed by atoms with van der Waals surface area (Å²) in [5.41, 5.74) is 2.81. The average molecular weight is 265 g/mol. The van der Waals surface area contributed by atoms with Crippen molar-refractivity contribution in [2.45, 2.75) is 40.2 Å². The van der Waals surface area contributed by atoms with Gasteiger partial charge in [-0.15, -0.1) is 0 Å². The molecule has 1 amide bonds. The third-order valence-corrected chi connectivity index (χ3v) is 3.21. The average Bonchev–Trinajstić information content (AvgIpc) is 2.40. The normalized spacial score (nSPS) is 12.3. The highest BCUT2D eigenvalue weighted by atomic mass is 16.5. The SMILES string of the molecule is CCC(C)OCN(C(=O)CO)c1c(C)cccc1C. The van der Waals surface area contributed by atoms with Crippen molar-refractivity contribution in [1.29, 1.82) is 0 Å². The van der Waals surface area contributed by atoms with Crippen LogP contribution in [0.15, 0.2) is 18.2 Å². The number of anilines is 1. The Labute approximate surface area is 115 Å². The van der Waals surface area contributed by atoms with Crippen molar-refractivity contribution >= 4 is 11.6 Å². The number of hydrogen-bond acceptors (Lipinski definition) is 3. The Morgan fingerprint density at radius 1 is 1.37 bits per heavy atom. The monoisotopic (exact) mass is 265 g/mol. The minimum Gasteiger partial charge on any atom is -0.387 e. The molecule has 106 valence electrons. The van der Waals surface area contributed by atoms with Crippen molar-refractivity contribution in [3.8, 4) is 0 Å². The summed E-state index contributed by atoms with van der Waals surface area (Å²) in [7, 11) is 0. The highest BCUT2D eigenvalue weighted by molar-refractivity contribution is 5.95. The number of para-hydroxylation sites is 1. The Morgan fingerprint density at radius 2 is 1.95 bits per heavy atom. The quantitative estimate of drug-likeness (QED) is 0.804. The van der Waals surface area contributed by atoms with E-state index in [1.807, 2.05) is 45.9 Å². The zero-order chi connectivity index (χ0) is 14.4. The molecule has 1 rings (SSSR count). The Balaban J connectivity index is 3.00. The number of aliphatic hydroxyl groups is 1. The Bertz CT molecular complexity index is 411. The summed E-state index contributed by atoms with van der Waals surface area (Å²) in [4.78, 5) is 13.4. The maximum Gasteiger partial charge on any atom is 0.254 e. The molecule has 0 spiro atoms. The van der Waals surface area contributed by atoms with Gasteiger partial charge in [-0.2, -0.15) is 0 Å². The highest BCUT2D eigenvalue weighted by Gasteiger charge is 2.19. The second-order valence-corrected chi connectivity index (χ2v) is 4.73. The standard InChI is InChI=1S/C15H23NO3/c1-5-13(4)19-10-16(14(18)9-17)15-11(2)7-6-8-12(15)3/h6-8,13,17H,5,9-10H2,1-4H3. The number of ether oxygens (including phenoxy) is 1. The summed E-state index contributed by atoms with van der Waals surface area (Å²) in [6.07, 6.45) is 0.965. The molecular weight excluding hydrogens is 242 g/mol. The van der Waals surface area contributed by atoms with E-state index < -0.39 is 6.61 Å². The lowest BCUT2D eigenvalue weighted by Gasteiger charge is -2.26. The number of carbonyl (C=O) groups is 1. The topological polar surface area (TPSA) is 49.8 Å². The Morgan fingerprint density at radius 3 is 2.42 bits per heavy atom. The fourth-order valence-corrected chi connectivity index (χ4v) is 1.90. The van der Waals surface area contributed by atoms with Gasteiger partial charge in [-0.25, -0.2) is 0 Å². The lowest BCUT2D eigenvalue weighted by Crippen LogP contribution is -2.37. The molecule has 0 aliphatic carbocycles. The third-order valence-electron chi connectivity index (χ3n) is 3.21. The number of benzene rings is 1. The van der Waals surface area contributed by atoms with Gasteiger partial charge in [0.05, 0.1) is 11.8 Å². The van der Waals surface area contributed by atoms with Crippen LogP contribution in [-0.2, 0) is 9.53 Å². The largest absolute Gasteiger partial charge is 0.387 e. The molecule has 0 aliphatic rings. The molecule has 1 aromatic rings. The number of aliphatic hydroxyl groups excluding tert-OH is 1. The molecular formula is C15H23NO3. The number of amides is 1. The van der Waals surface area contributed by atoms with Crippen LogP contribution < -0.4 is 4.90 Å². The predicted molar refractivity (Wildman–Crippen MR) is 76.2 cm³/mol. The van der Waals surface area contributed by atoms with Gasteiger partial charge in [0.15, 0.2) is 0 Å². The first-order chi connectivity index (χ1) is 9.01. The molecule has 0 radical (unpaired) electrons. The van der Waals surface area contributed by atoms with Crippen molar-refractivity contribution < 1.29 is 14.6 Å². The van der Waals surface area contributed by atoms with Gasteiger partial charge >= 0.3 is 0 Å². The molecule has 0 heterocycles. The van der Waals surface area contributed by atoms with Gasteiger partial charge in [0.2, 0.25) is 0 Å². The van der Waals surface area contributed by atoms with Gasteiger partial charge in [-0.05, 0) is 38.3 Å². The van der Waals surface area contributed by atoms with Gasteiger partial charge in [0, 0.05) is 0 Å². The van der Waals surface area contributed by atoms with E-state index in [0.29, 0.717) is 0 Å². The van der Waals surface area contributed by atoms with Gasteiger partial charge in [-0.3, -0.25) is 9.69 Å². The summed E-state index contributed by atoms with van der Waals surface area (Å²) in [6.45, 7) is 7.54. The Hall–Kier alpha value is -1.39. The molecule has 0 saturated carbocycles. The third kappa shape index (κ3) is 4.04. The second kappa shape index (κ2) is 7.26. The second-order valence-electron chi connectivity index (χ2n) is 4.73. The maximum absolute atomic E-state index is 11.9. The van der Waals surface area contributed by atoms with Crippen LogP contribution >= 0.6 is 0 Å². The fourth-order valence-electron chi connectivity index (χ4n) is 1.90. The van der Waals surface area contributed by atoms with Crippen LogP contribution in [-0.4, -0.2) is 30.5 Å². The summed E-state index contributed by atoms with van der Waals surface area (Å²) >= 11 is 0. The van der Waals surface area contributed by atoms with Crippen LogP contribution in [0.4, 0.5) is 5.69 Å². The molecule has 19 heavy (non-hydrogen) atoms. The lowest BCUT2D eigenvalue weighted by atomic mass is 10.1. The van der Waals surface area contributed by atoms with Crippen molar-refractivity contribution in [1.82, 2.24) is 0 Å². The first-order valence-corrected chi connectivity index (χ1v) is 6.60. The number of hydrogen-bond donors (Lipinski definition) is 1. The first kappa shape index (κ1) is 15.7. The summed E-state index contributed by atoms with van der Waals surface area (Å²) in [5, 5.41) is 9.12. The summed E-state index contributed by atoms with van der Waals surface area (Å²) in [5.74, 6) is -0.347.